The van der Waals surface area contributed by atoms with E-state index >= 15 is 0 Å². The van der Waals surface area contributed by atoms with Crippen molar-refractivity contribution in [1.82, 2.24) is 5.32 Å². The second-order valence-electron chi connectivity index (χ2n) is 6.70. The zero-order chi connectivity index (χ0) is 17.3. The van der Waals surface area contributed by atoms with Crippen molar-refractivity contribution >= 4 is 29.1 Å². The molecule has 0 aromatic heterocycles. The van der Waals surface area contributed by atoms with Gasteiger partial charge in [-0.3, -0.25) is 9.59 Å². The minimum atomic E-state index is -0.337. The van der Waals surface area contributed by atoms with Gasteiger partial charge in [0.15, 0.2) is 0 Å². The first kappa shape index (κ1) is 17.2. The molecule has 2 aliphatic rings. The van der Waals surface area contributed by atoms with Crippen molar-refractivity contribution in [2.24, 2.45) is 5.92 Å². The number of aryl methyl sites for hydroxylation is 2. The van der Waals surface area contributed by atoms with Gasteiger partial charge in [-0.2, -0.15) is 0 Å². The summed E-state index contributed by atoms with van der Waals surface area (Å²) < 4.78 is 5.51. The lowest BCUT2D eigenvalue weighted by Gasteiger charge is -2.21. The summed E-state index contributed by atoms with van der Waals surface area (Å²) in [5.41, 5.74) is 2.73. The number of amides is 2. The van der Waals surface area contributed by atoms with Gasteiger partial charge in [-0.15, -0.1) is 0 Å². The van der Waals surface area contributed by atoms with Gasteiger partial charge >= 0.3 is 0 Å². The molecule has 1 N–H and O–H groups in total. The summed E-state index contributed by atoms with van der Waals surface area (Å²) in [6.07, 6.45) is 2.35. The van der Waals surface area contributed by atoms with Crippen LogP contribution in [0.4, 0.5) is 5.69 Å². The Kier molecular flexibility index (Phi) is 5.11. The van der Waals surface area contributed by atoms with Gasteiger partial charge in [0, 0.05) is 26.1 Å². The van der Waals surface area contributed by atoms with Gasteiger partial charge in [-0.25, -0.2) is 0 Å². The fraction of sp³-hybridized carbons (Fsp3) is 0.556. The second kappa shape index (κ2) is 7.11. The van der Waals surface area contributed by atoms with Gasteiger partial charge in [0.1, 0.15) is 0 Å². The number of benzene rings is 1. The molecule has 6 heteroatoms. The van der Waals surface area contributed by atoms with E-state index < -0.39 is 0 Å². The van der Waals surface area contributed by atoms with Crippen molar-refractivity contribution in [3.8, 4) is 0 Å². The van der Waals surface area contributed by atoms with Gasteiger partial charge in [0.05, 0.1) is 22.7 Å². The van der Waals surface area contributed by atoms with Crippen LogP contribution >= 0.6 is 11.6 Å². The zero-order valence-corrected chi connectivity index (χ0v) is 14.9. The maximum atomic E-state index is 12.4. The van der Waals surface area contributed by atoms with Crippen LogP contribution in [-0.2, 0) is 14.3 Å². The van der Waals surface area contributed by atoms with Crippen LogP contribution in [0.25, 0.3) is 0 Å². The van der Waals surface area contributed by atoms with Crippen molar-refractivity contribution in [1.29, 1.82) is 0 Å². The molecular weight excluding hydrogens is 328 g/mol. The van der Waals surface area contributed by atoms with E-state index in [2.05, 4.69) is 5.32 Å². The number of nitrogens with one attached hydrogen (secondary N) is 1. The van der Waals surface area contributed by atoms with Crippen LogP contribution in [0.15, 0.2) is 12.1 Å². The number of ether oxygens (including phenoxy) is 1. The van der Waals surface area contributed by atoms with Crippen LogP contribution in [0.2, 0.25) is 5.02 Å². The summed E-state index contributed by atoms with van der Waals surface area (Å²) in [4.78, 5) is 26.4. The molecular formula is C18H23ClN2O3. The van der Waals surface area contributed by atoms with Gasteiger partial charge in [-0.05, 0) is 43.9 Å². The molecule has 2 atom stereocenters. The third kappa shape index (κ3) is 3.57. The Morgan fingerprint density at radius 3 is 2.88 bits per heavy atom. The van der Waals surface area contributed by atoms with E-state index in [0.29, 0.717) is 18.1 Å². The van der Waals surface area contributed by atoms with E-state index in [0.717, 1.165) is 36.3 Å². The highest BCUT2D eigenvalue weighted by molar-refractivity contribution is 6.34. The summed E-state index contributed by atoms with van der Waals surface area (Å²) >= 11 is 6.34. The number of carbonyl (C=O) groups is 2. The van der Waals surface area contributed by atoms with Crippen molar-refractivity contribution in [2.45, 2.75) is 39.2 Å². The summed E-state index contributed by atoms with van der Waals surface area (Å²) in [7, 11) is 0. The smallest absolute Gasteiger partial charge is 0.227 e. The van der Waals surface area contributed by atoms with E-state index in [1.165, 1.54) is 0 Å². The number of rotatable bonds is 4. The maximum absolute atomic E-state index is 12.4. The van der Waals surface area contributed by atoms with Gasteiger partial charge < -0.3 is 15.0 Å². The van der Waals surface area contributed by atoms with Crippen LogP contribution in [0.3, 0.4) is 0 Å². The number of nitrogens with zero attached hydrogens (tertiary/aromatic N) is 1. The highest BCUT2D eigenvalue weighted by Crippen LogP contribution is 2.35. The lowest BCUT2D eigenvalue weighted by atomic mass is 10.1. The summed E-state index contributed by atoms with van der Waals surface area (Å²) in [6, 6.07) is 3.85. The average Bonchev–Trinajstić information content (AvgIpc) is 3.14. The highest BCUT2D eigenvalue weighted by Gasteiger charge is 2.36. The fourth-order valence-corrected chi connectivity index (χ4v) is 3.94. The van der Waals surface area contributed by atoms with E-state index in [9.17, 15) is 9.59 Å². The van der Waals surface area contributed by atoms with E-state index in [1.807, 2.05) is 26.0 Å². The topological polar surface area (TPSA) is 58.6 Å². The number of anilines is 1. The third-order valence-corrected chi connectivity index (χ3v) is 4.98. The van der Waals surface area contributed by atoms with Crippen molar-refractivity contribution in [3.63, 3.8) is 0 Å². The number of hydrogen-bond acceptors (Lipinski definition) is 3. The molecule has 2 aliphatic heterocycles. The summed E-state index contributed by atoms with van der Waals surface area (Å²) in [5, 5.41) is 3.48. The lowest BCUT2D eigenvalue weighted by molar-refractivity contribution is -0.126. The zero-order valence-electron chi connectivity index (χ0n) is 14.1. The monoisotopic (exact) mass is 350 g/mol. The highest BCUT2D eigenvalue weighted by atomic mass is 35.5. The normalized spacial score (nSPS) is 23.8. The molecule has 2 heterocycles. The Labute approximate surface area is 147 Å². The Hall–Kier alpha value is -1.59. The molecule has 0 spiro atoms. The van der Waals surface area contributed by atoms with Crippen LogP contribution < -0.4 is 10.2 Å². The molecule has 3 rings (SSSR count). The maximum Gasteiger partial charge on any atom is 0.227 e. The minimum Gasteiger partial charge on any atom is -0.376 e. The molecule has 0 bridgehead atoms. The SMILES string of the molecule is Cc1cc(C)c(N2CC(C(=O)NCC3CCCO3)CC2=O)c(Cl)c1. The van der Waals surface area contributed by atoms with E-state index in [1.54, 1.807) is 4.90 Å². The number of halogens is 1. The molecule has 2 amide bonds. The molecule has 2 unspecified atom stereocenters. The Balaban J connectivity index is 1.66. The molecule has 24 heavy (non-hydrogen) atoms. The van der Waals surface area contributed by atoms with Crippen LogP contribution in [-0.4, -0.2) is 37.6 Å². The predicted molar refractivity (Wildman–Crippen MR) is 93.4 cm³/mol. The first-order valence-electron chi connectivity index (χ1n) is 8.42. The predicted octanol–water partition coefficient (Wildman–Crippen LogP) is 2.60. The Morgan fingerprint density at radius 2 is 2.21 bits per heavy atom. The van der Waals surface area contributed by atoms with E-state index in [4.69, 9.17) is 16.3 Å². The summed E-state index contributed by atoms with van der Waals surface area (Å²) in [5.74, 6) is -0.473. The first-order chi connectivity index (χ1) is 11.5. The van der Waals surface area contributed by atoms with Gasteiger partial charge in [0.2, 0.25) is 11.8 Å². The van der Waals surface area contributed by atoms with Crippen molar-refractivity contribution < 1.29 is 14.3 Å². The third-order valence-electron chi connectivity index (χ3n) is 4.69. The molecule has 0 aliphatic carbocycles. The standard InChI is InChI=1S/C18H23ClN2O3/c1-11-6-12(2)17(15(19)7-11)21-10-13(8-16(21)22)18(23)20-9-14-4-3-5-24-14/h6-7,13-14H,3-5,8-10H2,1-2H3,(H,20,23). The molecule has 1 aromatic carbocycles. The van der Waals surface area contributed by atoms with Gasteiger partial charge in [0.25, 0.3) is 0 Å². The molecule has 0 radical (unpaired) electrons. The van der Waals surface area contributed by atoms with Crippen LogP contribution in [0.1, 0.15) is 30.4 Å². The van der Waals surface area contributed by atoms with Crippen molar-refractivity contribution in [2.75, 3.05) is 24.6 Å². The molecule has 1 aromatic rings. The lowest BCUT2D eigenvalue weighted by Crippen LogP contribution is -2.37. The molecule has 130 valence electrons. The molecule has 2 fully saturated rings. The number of hydrogen-bond donors (Lipinski definition) is 1. The van der Waals surface area contributed by atoms with Crippen molar-refractivity contribution in [3.05, 3.63) is 28.3 Å². The quantitative estimate of drug-likeness (QED) is 0.908. The second-order valence-corrected chi connectivity index (χ2v) is 7.11. The Bertz CT molecular complexity index is 633. The Morgan fingerprint density at radius 1 is 1.42 bits per heavy atom. The minimum absolute atomic E-state index is 0.0545. The molecule has 5 nitrogen and oxygen atoms in total. The first-order valence-corrected chi connectivity index (χ1v) is 8.80. The molecule has 2 saturated heterocycles. The average molecular weight is 351 g/mol. The fourth-order valence-electron chi connectivity index (χ4n) is 3.51. The van der Waals surface area contributed by atoms with Crippen LogP contribution in [0, 0.1) is 19.8 Å². The van der Waals surface area contributed by atoms with Gasteiger partial charge in [-0.1, -0.05) is 17.7 Å². The summed E-state index contributed by atoms with van der Waals surface area (Å²) in [6.45, 7) is 5.57. The van der Waals surface area contributed by atoms with E-state index in [-0.39, 0.29) is 30.3 Å². The number of carbonyl (C=O) groups excluding carboxylic acids is 2. The largest absolute Gasteiger partial charge is 0.376 e. The molecule has 0 saturated carbocycles. The van der Waals surface area contributed by atoms with Crippen LogP contribution in [0.5, 0.6) is 0 Å².